The average Bonchev–Trinajstić information content (AvgIpc) is 3.46. The van der Waals surface area contributed by atoms with Crippen LogP contribution in [0.4, 0.5) is 38.0 Å². The summed E-state index contributed by atoms with van der Waals surface area (Å²) in [6, 6.07) is 4.09. The van der Waals surface area contributed by atoms with Crippen molar-refractivity contribution in [3.63, 3.8) is 0 Å². The smallest absolute Gasteiger partial charge is 0.416 e. The van der Waals surface area contributed by atoms with Gasteiger partial charge in [0.1, 0.15) is 23.4 Å². The van der Waals surface area contributed by atoms with Crippen molar-refractivity contribution in [2.45, 2.75) is 50.6 Å². The fourth-order valence-electron chi connectivity index (χ4n) is 5.56. The van der Waals surface area contributed by atoms with Crippen LogP contribution in [-0.2, 0) is 17.5 Å². The predicted octanol–water partition coefficient (Wildman–Crippen LogP) is 6.48. The second-order valence-corrected chi connectivity index (χ2v) is 10.8. The van der Waals surface area contributed by atoms with E-state index in [9.17, 15) is 41.0 Å². The van der Waals surface area contributed by atoms with Crippen LogP contribution in [0.3, 0.4) is 0 Å². The number of carbonyl (C=O) groups is 2. The summed E-state index contributed by atoms with van der Waals surface area (Å²) in [5.41, 5.74) is -0.399. The molecule has 5 rings (SSSR count). The van der Waals surface area contributed by atoms with Crippen LogP contribution in [-0.4, -0.2) is 68.7 Å². The Morgan fingerprint density at radius 1 is 0.913 bits per heavy atom. The van der Waals surface area contributed by atoms with Crippen molar-refractivity contribution in [3.8, 4) is 11.1 Å². The van der Waals surface area contributed by atoms with Gasteiger partial charge in [-0.15, -0.1) is 24.8 Å². The molecule has 250 valence electrons. The zero-order valence-corrected chi connectivity index (χ0v) is 25.6. The zero-order valence-electron chi connectivity index (χ0n) is 24.0. The second-order valence-electron chi connectivity index (χ2n) is 10.8. The predicted molar refractivity (Wildman–Crippen MR) is 161 cm³/mol. The third kappa shape index (κ3) is 8.56. The van der Waals surface area contributed by atoms with E-state index in [1.165, 1.54) is 41.7 Å². The number of carboxylic acid groups (broad SMARTS) is 1. The van der Waals surface area contributed by atoms with Crippen molar-refractivity contribution < 1.29 is 41.0 Å². The lowest BCUT2D eigenvalue weighted by Gasteiger charge is -2.30. The standard InChI is InChI=1S/C29H28F6N6O3.2ClH/c30-28(31,32)20-4-1-3-18(11-20)21-13-37-24(12-19(21)16-41-8-2-5-23(41)29(33,34)35)39-26(42)22-14-38-25(15-36-22)40-9-6-17(7-10-40)27(43)44;;/h1,3-4,11-15,17,23H,2,5-10,16H2,(H,43,44)(H,37,39,42);2*1H/t23-;;/m0../s1. The number of pyridine rings is 1. The van der Waals surface area contributed by atoms with Crippen LogP contribution in [0.15, 0.2) is 48.9 Å². The van der Waals surface area contributed by atoms with E-state index in [0.717, 1.165) is 12.1 Å². The summed E-state index contributed by atoms with van der Waals surface area (Å²) in [7, 11) is 0. The third-order valence-electron chi connectivity index (χ3n) is 7.89. The molecule has 9 nitrogen and oxygen atoms in total. The number of aromatic nitrogens is 3. The van der Waals surface area contributed by atoms with Gasteiger partial charge in [0.15, 0.2) is 0 Å². The number of alkyl halides is 6. The quantitative estimate of drug-likeness (QED) is 0.271. The number of hydrogen-bond donors (Lipinski definition) is 2. The van der Waals surface area contributed by atoms with E-state index >= 15 is 0 Å². The number of hydrogen-bond acceptors (Lipinski definition) is 7. The molecule has 0 radical (unpaired) electrons. The number of likely N-dealkylation sites (tertiary alicyclic amines) is 1. The number of piperidine rings is 1. The molecule has 0 aliphatic carbocycles. The molecule has 0 saturated carbocycles. The van der Waals surface area contributed by atoms with Gasteiger partial charge in [0.25, 0.3) is 5.91 Å². The molecule has 1 atom stereocenters. The van der Waals surface area contributed by atoms with E-state index in [4.69, 9.17) is 0 Å². The van der Waals surface area contributed by atoms with E-state index in [1.54, 1.807) is 0 Å². The summed E-state index contributed by atoms with van der Waals surface area (Å²) in [6.45, 7) is 0.850. The first kappa shape index (κ1) is 36.8. The van der Waals surface area contributed by atoms with Crippen molar-refractivity contribution in [3.05, 3.63) is 65.7 Å². The van der Waals surface area contributed by atoms with Gasteiger partial charge in [0.2, 0.25) is 0 Å². The van der Waals surface area contributed by atoms with E-state index in [2.05, 4.69) is 20.3 Å². The van der Waals surface area contributed by atoms with Crippen LogP contribution >= 0.6 is 24.8 Å². The molecule has 2 aromatic heterocycles. The molecule has 1 aromatic carbocycles. The summed E-state index contributed by atoms with van der Waals surface area (Å²) >= 11 is 0. The number of rotatable bonds is 7. The Labute approximate surface area is 272 Å². The Balaban J connectivity index is 0.00000288. The first-order valence-electron chi connectivity index (χ1n) is 13.9. The number of anilines is 2. The van der Waals surface area contributed by atoms with Crippen molar-refractivity contribution in [2.75, 3.05) is 29.9 Å². The summed E-state index contributed by atoms with van der Waals surface area (Å²) in [5.74, 6) is -1.52. The van der Waals surface area contributed by atoms with Gasteiger partial charge in [-0.3, -0.25) is 14.5 Å². The molecule has 2 fully saturated rings. The summed E-state index contributed by atoms with van der Waals surface area (Å²) in [5, 5.41) is 11.7. The molecular formula is C29H30Cl2F6N6O3. The molecule has 4 heterocycles. The van der Waals surface area contributed by atoms with Crippen LogP contribution in [0.5, 0.6) is 0 Å². The normalized spacial score (nSPS) is 17.6. The SMILES string of the molecule is Cl.Cl.O=C(Nc1cc(CN2CCC[C@H]2C(F)(F)F)c(-c2cccc(C(F)(F)F)c2)cn1)c1cnc(N2CCC(C(=O)O)CC2)cn1. The maximum Gasteiger partial charge on any atom is 0.416 e. The molecule has 2 aliphatic rings. The van der Waals surface area contributed by atoms with Gasteiger partial charge in [0.05, 0.1) is 23.9 Å². The Morgan fingerprint density at radius 3 is 2.24 bits per heavy atom. The Morgan fingerprint density at radius 2 is 1.63 bits per heavy atom. The molecule has 3 aromatic rings. The number of amides is 1. The Bertz CT molecular complexity index is 1520. The molecule has 2 aliphatic heterocycles. The highest BCUT2D eigenvalue weighted by atomic mass is 35.5. The molecule has 46 heavy (non-hydrogen) atoms. The number of nitrogens with zero attached hydrogens (tertiary/aromatic N) is 5. The van der Waals surface area contributed by atoms with Crippen LogP contribution in [0, 0.1) is 5.92 Å². The maximum absolute atomic E-state index is 13.7. The van der Waals surface area contributed by atoms with Crippen LogP contribution in [0.2, 0.25) is 0 Å². The van der Waals surface area contributed by atoms with Gasteiger partial charge in [0, 0.05) is 31.4 Å². The molecule has 0 unspecified atom stereocenters. The van der Waals surface area contributed by atoms with E-state index in [0.29, 0.717) is 38.2 Å². The fraction of sp³-hybridized carbons (Fsp3) is 0.414. The number of aliphatic carboxylic acids is 1. The molecular weight excluding hydrogens is 665 g/mol. The molecule has 0 bridgehead atoms. The Hall–Kier alpha value is -3.69. The fourth-order valence-corrected chi connectivity index (χ4v) is 5.56. The van der Waals surface area contributed by atoms with Gasteiger partial charge < -0.3 is 15.3 Å². The highest BCUT2D eigenvalue weighted by Gasteiger charge is 2.45. The number of halogens is 8. The first-order chi connectivity index (χ1) is 20.8. The lowest BCUT2D eigenvalue weighted by molar-refractivity contribution is -0.177. The summed E-state index contributed by atoms with van der Waals surface area (Å²) in [6.07, 6.45) is -4.13. The minimum atomic E-state index is -4.63. The van der Waals surface area contributed by atoms with E-state index in [1.807, 2.05) is 4.90 Å². The minimum Gasteiger partial charge on any atom is -0.481 e. The zero-order chi connectivity index (χ0) is 31.6. The maximum atomic E-state index is 13.7. The lowest BCUT2D eigenvalue weighted by Crippen LogP contribution is -2.40. The second kappa shape index (κ2) is 14.8. The largest absolute Gasteiger partial charge is 0.481 e. The third-order valence-corrected chi connectivity index (χ3v) is 7.89. The number of benzene rings is 1. The number of carbonyl (C=O) groups excluding carboxylic acids is 1. The molecule has 17 heteroatoms. The van der Waals surface area contributed by atoms with Gasteiger partial charge >= 0.3 is 18.3 Å². The van der Waals surface area contributed by atoms with Crippen LogP contribution < -0.4 is 10.2 Å². The molecule has 0 spiro atoms. The van der Waals surface area contributed by atoms with Gasteiger partial charge in [-0.2, -0.15) is 26.3 Å². The minimum absolute atomic E-state index is 0. The van der Waals surface area contributed by atoms with Crippen molar-refractivity contribution in [1.29, 1.82) is 0 Å². The average molecular weight is 695 g/mol. The van der Waals surface area contributed by atoms with Crippen LogP contribution in [0.25, 0.3) is 11.1 Å². The number of nitrogens with one attached hydrogen (secondary N) is 1. The summed E-state index contributed by atoms with van der Waals surface area (Å²) < 4.78 is 81.3. The lowest BCUT2D eigenvalue weighted by atomic mass is 9.97. The molecule has 2 N–H and O–H groups in total. The van der Waals surface area contributed by atoms with E-state index in [-0.39, 0.29) is 72.5 Å². The highest BCUT2D eigenvalue weighted by molar-refractivity contribution is 6.02. The first-order valence-corrected chi connectivity index (χ1v) is 13.9. The van der Waals surface area contributed by atoms with Gasteiger partial charge in [-0.05, 0) is 61.6 Å². The van der Waals surface area contributed by atoms with Crippen LogP contribution in [0.1, 0.15) is 47.3 Å². The topological polar surface area (TPSA) is 112 Å². The monoisotopic (exact) mass is 694 g/mol. The van der Waals surface area contributed by atoms with Gasteiger partial charge in [-0.25, -0.2) is 15.0 Å². The van der Waals surface area contributed by atoms with Crippen molar-refractivity contribution in [2.24, 2.45) is 5.92 Å². The summed E-state index contributed by atoms with van der Waals surface area (Å²) in [4.78, 5) is 39.8. The van der Waals surface area contributed by atoms with Crippen molar-refractivity contribution in [1.82, 2.24) is 19.9 Å². The molecule has 2 saturated heterocycles. The van der Waals surface area contributed by atoms with Crippen molar-refractivity contribution >= 4 is 48.3 Å². The molecule has 1 amide bonds. The highest BCUT2D eigenvalue weighted by Crippen LogP contribution is 2.37. The van der Waals surface area contributed by atoms with E-state index < -0.39 is 41.8 Å². The number of carboxylic acids is 1. The van der Waals surface area contributed by atoms with Gasteiger partial charge in [-0.1, -0.05) is 12.1 Å². The Kier molecular flexibility index (Phi) is 11.8.